The van der Waals surface area contributed by atoms with E-state index < -0.39 is 0 Å². The average molecular weight is 496 g/mol. The summed E-state index contributed by atoms with van der Waals surface area (Å²) in [7, 11) is 0. The standard InChI is InChI=1S/C24H25N5O3S2/c1-13-8-14(2)10-28(9-13)18(30)11-29-12-25-22-19(23(29)32)15(3)20(34-22)21(31)27-24-26-16-6-4-5-7-17(16)33-24/h4-7,12-14H,8-11H2,1-3H3,(H,26,27,31)/t13-,14-/m0/s1. The zero-order chi connectivity index (χ0) is 24.0. The number of para-hydroxylation sites is 1. The molecule has 176 valence electrons. The number of aryl methyl sites for hydroxylation is 1. The van der Waals surface area contributed by atoms with Gasteiger partial charge in [0, 0.05) is 13.1 Å². The van der Waals surface area contributed by atoms with Gasteiger partial charge >= 0.3 is 0 Å². The molecule has 1 fully saturated rings. The molecule has 4 aromatic rings. The van der Waals surface area contributed by atoms with Gasteiger partial charge in [0.1, 0.15) is 11.4 Å². The number of nitrogens with zero attached hydrogens (tertiary/aromatic N) is 4. The Morgan fingerprint density at radius 2 is 1.88 bits per heavy atom. The first-order chi connectivity index (χ1) is 16.3. The van der Waals surface area contributed by atoms with E-state index in [0.717, 1.165) is 16.6 Å². The highest BCUT2D eigenvalue weighted by Crippen LogP contribution is 2.30. The molecule has 34 heavy (non-hydrogen) atoms. The highest BCUT2D eigenvalue weighted by molar-refractivity contribution is 7.23. The van der Waals surface area contributed by atoms with E-state index in [1.807, 2.05) is 29.2 Å². The highest BCUT2D eigenvalue weighted by atomic mass is 32.1. The molecule has 1 aliphatic heterocycles. The van der Waals surface area contributed by atoms with Crippen molar-refractivity contribution in [1.82, 2.24) is 19.4 Å². The molecule has 0 saturated carbocycles. The second-order valence-corrected chi connectivity index (χ2v) is 11.1. The van der Waals surface area contributed by atoms with Gasteiger partial charge in [0.15, 0.2) is 5.13 Å². The minimum atomic E-state index is -0.321. The van der Waals surface area contributed by atoms with Gasteiger partial charge in [0.25, 0.3) is 11.5 Å². The number of thiophene rings is 1. The summed E-state index contributed by atoms with van der Waals surface area (Å²) in [5.41, 5.74) is 1.09. The quantitative estimate of drug-likeness (QED) is 0.459. The van der Waals surface area contributed by atoms with Gasteiger partial charge in [-0.3, -0.25) is 24.3 Å². The Kier molecular flexibility index (Phi) is 5.95. The van der Waals surface area contributed by atoms with E-state index in [0.29, 0.717) is 50.7 Å². The summed E-state index contributed by atoms with van der Waals surface area (Å²) < 4.78 is 2.33. The topological polar surface area (TPSA) is 97.2 Å². The Bertz CT molecular complexity index is 1430. The fourth-order valence-electron chi connectivity index (χ4n) is 4.68. The van der Waals surface area contributed by atoms with Crippen molar-refractivity contribution in [2.75, 3.05) is 18.4 Å². The van der Waals surface area contributed by atoms with Crippen LogP contribution in [0.5, 0.6) is 0 Å². The van der Waals surface area contributed by atoms with Gasteiger partial charge in [-0.2, -0.15) is 0 Å². The molecule has 0 aliphatic carbocycles. The first-order valence-electron chi connectivity index (χ1n) is 11.2. The van der Waals surface area contributed by atoms with Crippen LogP contribution in [0.3, 0.4) is 0 Å². The van der Waals surface area contributed by atoms with Crippen molar-refractivity contribution in [2.24, 2.45) is 11.8 Å². The molecule has 4 heterocycles. The van der Waals surface area contributed by atoms with E-state index in [1.165, 1.54) is 33.6 Å². The van der Waals surface area contributed by atoms with E-state index in [2.05, 4.69) is 29.1 Å². The van der Waals surface area contributed by atoms with Crippen LogP contribution in [-0.2, 0) is 11.3 Å². The third-order valence-corrected chi connectivity index (χ3v) is 8.32. The van der Waals surface area contributed by atoms with Crippen LogP contribution in [0.2, 0.25) is 0 Å². The van der Waals surface area contributed by atoms with Crippen LogP contribution in [0.4, 0.5) is 5.13 Å². The van der Waals surface area contributed by atoms with Crippen molar-refractivity contribution >= 4 is 60.1 Å². The maximum Gasteiger partial charge on any atom is 0.267 e. The number of carbonyl (C=O) groups excluding carboxylic acids is 2. The molecule has 0 unspecified atom stereocenters. The van der Waals surface area contributed by atoms with Gasteiger partial charge in [-0.1, -0.05) is 37.3 Å². The van der Waals surface area contributed by atoms with Crippen molar-refractivity contribution in [3.8, 4) is 0 Å². The Morgan fingerprint density at radius 3 is 2.62 bits per heavy atom. The summed E-state index contributed by atoms with van der Waals surface area (Å²) in [4.78, 5) is 50.7. The molecule has 2 amide bonds. The predicted octanol–water partition coefficient (Wildman–Crippen LogP) is 4.13. The molecular weight excluding hydrogens is 470 g/mol. The summed E-state index contributed by atoms with van der Waals surface area (Å²) >= 11 is 2.57. The zero-order valence-electron chi connectivity index (χ0n) is 19.2. The molecule has 2 atom stereocenters. The van der Waals surface area contributed by atoms with Crippen LogP contribution in [0.1, 0.15) is 35.5 Å². The van der Waals surface area contributed by atoms with Gasteiger partial charge in [-0.25, -0.2) is 9.97 Å². The van der Waals surface area contributed by atoms with Crippen LogP contribution in [-0.4, -0.2) is 44.3 Å². The first kappa shape index (κ1) is 22.7. The number of likely N-dealkylation sites (tertiary alicyclic amines) is 1. The minimum Gasteiger partial charge on any atom is -0.341 e. The summed E-state index contributed by atoms with van der Waals surface area (Å²) in [6, 6.07) is 7.67. The van der Waals surface area contributed by atoms with E-state index in [9.17, 15) is 14.4 Å². The Morgan fingerprint density at radius 1 is 1.15 bits per heavy atom. The molecule has 0 spiro atoms. The monoisotopic (exact) mass is 495 g/mol. The van der Waals surface area contributed by atoms with Crippen LogP contribution >= 0.6 is 22.7 Å². The molecule has 10 heteroatoms. The molecule has 8 nitrogen and oxygen atoms in total. The van der Waals surface area contributed by atoms with Gasteiger partial charge in [0.05, 0.1) is 26.8 Å². The van der Waals surface area contributed by atoms with Crippen molar-refractivity contribution in [3.05, 3.63) is 51.4 Å². The SMILES string of the molecule is Cc1c(C(=O)Nc2nc3ccccc3s2)sc2ncn(CC(=O)N3C[C@@H](C)C[C@H](C)C3)c(=O)c12. The average Bonchev–Trinajstić information content (AvgIpc) is 3.35. The fourth-order valence-corrected chi connectivity index (χ4v) is 6.58. The number of anilines is 1. The van der Waals surface area contributed by atoms with Gasteiger partial charge < -0.3 is 4.90 Å². The lowest BCUT2D eigenvalue weighted by atomic mass is 9.92. The lowest BCUT2D eigenvalue weighted by molar-refractivity contribution is -0.134. The summed E-state index contributed by atoms with van der Waals surface area (Å²) in [5, 5.41) is 3.74. The third-order valence-electron chi connectivity index (χ3n) is 6.17. The second-order valence-electron chi connectivity index (χ2n) is 9.10. The molecule has 5 rings (SSSR count). The van der Waals surface area contributed by atoms with Crippen molar-refractivity contribution in [2.45, 2.75) is 33.7 Å². The van der Waals surface area contributed by atoms with E-state index >= 15 is 0 Å². The number of carbonyl (C=O) groups is 2. The number of nitrogens with one attached hydrogen (secondary N) is 1. The van der Waals surface area contributed by atoms with Crippen LogP contribution < -0.4 is 10.9 Å². The van der Waals surface area contributed by atoms with Crippen molar-refractivity contribution in [3.63, 3.8) is 0 Å². The fraction of sp³-hybridized carbons (Fsp3) is 0.375. The predicted molar refractivity (Wildman–Crippen MR) is 136 cm³/mol. The maximum absolute atomic E-state index is 13.2. The number of thiazole rings is 1. The number of benzene rings is 1. The van der Waals surface area contributed by atoms with Crippen LogP contribution in [0.25, 0.3) is 20.4 Å². The molecule has 1 saturated heterocycles. The molecule has 0 radical (unpaired) electrons. The minimum absolute atomic E-state index is 0.0519. The van der Waals surface area contributed by atoms with E-state index in [-0.39, 0.29) is 23.9 Å². The number of rotatable bonds is 4. The first-order valence-corrected chi connectivity index (χ1v) is 12.9. The largest absolute Gasteiger partial charge is 0.341 e. The summed E-state index contributed by atoms with van der Waals surface area (Å²) in [6.45, 7) is 7.40. The molecule has 0 bridgehead atoms. The molecule has 1 aromatic carbocycles. The molecule has 3 aromatic heterocycles. The maximum atomic E-state index is 13.2. The van der Waals surface area contributed by atoms with Gasteiger partial charge in [-0.05, 0) is 42.9 Å². The Balaban J connectivity index is 1.39. The number of amides is 2. The van der Waals surface area contributed by atoms with E-state index in [4.69, 9.17) is 0 Å². The van der Waals surface area contributed by atoms with Gasteiger partial charge in [0.2, 0.25) is 5.91 Å². The lowest BCUT2D eigenvalue weighted by Gasteiger charge is -2.35. The van der Waals surface area contributed by atoms with E-state index in [1.54, 1.807) is 6.92 Å². The smallest absolute Gasteiger partial charge is 0.267 e. The summed E-state index contributed by atoms with van der Waals surface area (Å²) in [5.74, 6) is 0.488. The number of piperidine rings is 1. The lowest BCUT2D eigenvalue weighted by Crippen LogP contribution is -2.44. The van der Waals surface area contributed by atoms with Crippen LogP contribution in [0, 0.1) is 18.8 Å². The van der Waals surface area contributed by atoms with Crippen molar-refractivity contribution < 1.29 is 9.59 Å². The summed E-state index contributed by atoms with van der Waals surface area (Å²) in [6.07, 6.45) is 2.51. The number of hydrogen-bond donors (Lipinski definition) is 1. The number of aromatic nitrogens is 3. The Hall–Kier alpha value is -3.11. The number of fused-ring (bicyclic) bond motifs is 2. The van der Waals surface area contributed by atoms with Gasteiger partial charge in [-0.15, -0.1) is 11.3 Å². The highest BCUT2D eigenvalue weighted by Gasteiger charge is 2.26. The van der Waals surface area contributed by atoms with Crippen molar-refractivity contribution in [1.29, 1.82) is 0 Å². The normalized spacial score (nSPS) is 18.5. The molecule has 1 N–H and O–H groups in total. The second kappa shape index (κ2) is 8.92. The molecular formula is C24H25N5O3S2. The van der Waals surface area contributed by atoms with Crippen LogP contribution in [0.15, 0.2) is 35.4 Å². The third kappa shape index (κ3) is 4.23. The zero-order valence-corrected chi connectivity index (χ0v) is 20.8. The number of hydrogen-bond acceptors (Lipinski definition) is 7. The molecule has 1 aliphatic rings. The Labute approximate surface area is 204 Å².